The highest BCUT2D eigenvalue weighted by atomic mass is 16.5. The molecule has 2 aromatic carbocycles. The van der Waals surface area contributed by atoms with Crippen molar-refractivity contribution in [1.29, 1.82) is 0 Å². The zero-order valence-electron chi connectivity index (χ0n) is 14.2. The Balaban J connectivity index is 2.22. The van der Waals surface area contributed by atoms with Gasteiger partial charge in [0.05, 0.1) is 6.61 Å². The lowest BCUT2D eigenvalue weighted by Crippen LogP contribution is -2.15. The van der Waals surface area contributed by atoms with Gasteiger partial charge < -0.3 is 14.9 Å². The van der Waals surface area contributed by atoms with Gasteiger partial charge >= 0.3 is 5.97 Å². The van der Waals surface area contributed by atoms with Crippen LogP contribution in [-0.4, -0.2) is 28.6 Å². The molecule has 0 heterocycles. The molecule has 0 amide bonds. The number of esters is 1. The molecule has 0 aliphatic rings. The number of aryl methyl sites for hydroxylation is 1. The van der Waals surface area contributed by atoms with Crippen LogP contribution >= 0.6 is 0 Å². The van der Waals surface area contributed by atoms with E-state index < -0.39 is 11.8 Å². The number of carbonyl (C=O) groups excluding carboxylic acids is 2. The summed E-state index contributed by atoms with van der Waals surface area (Å²) >= 11 is 0. The van der Waals surface area contributed by atoms with Crippen molar-refractivity contribution in [2.45, 2.75) is 20.3 Å². The summed E-state index contributed by atoms with van der Waals surface area (Å²) in [5.74, 6) is -1.94. The first-order valence-corrected chi connectivity index (χ1v) is 8.00. The lowest BCUT2D eigenvalue weighted by Gasteiger charge is -2.07. The molecular weight excluding hydrogens is 320 g/mol. The largest absolute Gasteiger partial charge is 0.508 e. The van der Waals surface area contributed by atoms with Crippen molar-refractivity contribution in [3.63, 3.8) is 0 Å². The smallest absolute Gasteiger partial charge is 0.379 e. The van der Waals surface area contributed by atoms with Gasteiger partial charge in [-0.05, 0) is 42.2 Å². The molecule has 0 spiro atoms. The van der Waals surface area contributed by atoms with Gasteiger partial charge in [-0.2, -0.15) is 0 Å². The quantitative estimate of drug-likeness (QED) is 0.363. The van der Waals surface area contributed by atoms with Crippen molar-refractivity contribution in [1.82, 2.24) is 0 Å². The summed E-state index contributed by atoms with van der Waals surface area (Å²) in [5.41, 5.74) is 3.11. The number of hydrogen-bond donors (Lipinski definition) is 2. The van der Waals surface area contributed by atoms with Crippen molar-refractivity contribution < 1.29 is 24.5 Å². The molecule has 5 nitrogen and oxygen atoms in total. The summed E-state index contributed by atoms with van der Waals surface area (Å²) in [6.07, 6.45) is 1.57. The molecule has 0 saturated heterocycles. The Morgan fingerprint density at radius 1 is 1.04 bits per heavy atom. The highest BCUT2D eigenvalue weighted by molar-refractivity contribution is 6.39. The van der Waals surface area contributed by atoms with Crippen LogP contribution in [0.2, 0.25) is 0 Å². The summed E-state index contributed by atoms with van der Waals surface area (Å²) in [7, 11) is 0. The van der Waals surface area contributed by atoms with E-state index >= 15 is 0 Å². The third-order valence-corrected chi connectivity index (χ3v) is 3.72. The van der Waals surface area contributed by atoms with Crippen LogP contribution in [0.1, 0.15) is 25.0 Å². The number of rotatable bonds is 6. The van der Waals surface area contributed by atoms with Gasteiger partial charge in [0.25, 0.3) is 5.78 Å². The van der Waals surface area contributed by atoms with E-state index in [0.29, 0.717) is 5.56 Å². The Bertz CT molecular complexity index is 803. The van der Waals surface area contributed by atoms with Crippen LogP contribution in [0, 0.1) is 0 Å². The first-order valence-electron chi connectivity index (χ1n) is 8.00. The Hall–Kier alpha value is -3.08. The number of ether oxygens (including phenoxy) is 1. The molecule has 0 radical (unpaired) electrons. The first-order chi connectivity index (χ1) is 12.0. The second-order valence-electron chi connectivity index (χ2n) is 5.39. The minimum Gasteiger partial charge on any atom is -0.508 e. The second kappa shape index (κ2) is 8.15. The summed E-state index contributed by atoms with van der Waals surface area (Å²) < 4.78 is 4.58. The minimum atomic E-state index is -0.998. The van der Waals surface area contributed by atoms with Gasteiger partial charge in [-0.1, -0.05) is 37.3 Å². The molecule has 0 bridgehead atoms. The minimum absolute atomic E-state index is 0.0975. The third-order valence-electron chi connectivity index (χ3n) is 3.72. The highest BCUT2D eigenvalue weighted by Gasteiger charge is 2.14. The molecule has 0 saturated carbocycles. The van der Waals surface area contributed by atoms with Gasteiger partial charge in [-0.25, -0.2) is 4.79 Å². The van der Waals surface area contributed by atoms with E-state index in [0.717, 1.165) is 29.2 Å². The second-order valence-corrected chi connectivity index (χ2v) is 5.39. The number of phenols is 1. The molecule has 0 aliphatic carbocycles. The lowest BCUT2D eigenvalue weighted by atomic mass is 10.00. The molecule has 0 unspecified atom stereocenters. The summed E-state index contributed by atoms with van der Waals surface area (Å²) in [5, 5.41) is 19.7. The number of aliphatic hydroxyl groups excluding tert-OH is 1. The van der Waals surface area contributed by atoms with Crippen LogP contribution in [0.4, 0.5) is 0 Å². The molecule has 0 aliphatic heterocycles. The van der Waals surface area contributed by atoms with Crippen LogP contribution in [0.5, 0.6) is 5.75 Å². The number of aromatic hydroxyl groups is 1. The number of phenolic OH excluding ortho intramolecular Hbond substituents is 1. The number of ketones is 1. The SMILES string of the molecule is CCOC(=O)C(=O)C=C(O)c1ccc(-c2ccc(O)c(CC)c2)cc1. The highest BCUT2D eigenvalue weighted by Crippen LogP contribution is 2.27. The molecule has 2 N–H and O–H groups in total. The molecule has 25 heavy (non-hydrogen) atoms. The van der Waals surface area contributed by atoms with E-state index in [1.54, 1.807) is 37.3 Å². The van der Waals surface area contributed by atoms with Gasteiger partial charge in [0.1, 0.15) is 11.5 Å². The molecule has 0 aromatic heterocycles. The normalized spacial score (nSPS) is 11.2. The van der Waals surface area contributed by atoms with Crippen LogP contribution < -0.4 is 0 Å². The maximum atomic E-state index is 11.6. The van der Waals surface area contributed by atoms with Crippen molar-refractivity contribution >= 4 is 17.5 Å². The van der Waals surface area contributed by atoms with Gasteiger partial charge in [-0.15, -0.1) is 0 Å². The monoisotopic (exact) mass is 340 g/mol. The van der Waals surface area contributed by atoms with Crippen molar-refractivity contribution in [3.05, 3.63) is 59.7 Å². The Labute approximate surface area is 146 Å². The molecule has 5 heteroatoms. The third kappa shape index (κ3) is 4.47. The van der Waals surface area contributed by atoms with E-state index in [-0.39, 0.29) is 18.1 Å². The van der Waals surface area contributed by atoms with Crippen molar-refractivity contribution in [2.75, 3.05) is 6.61 Å². The Morgan fingerprint density at radius 3 is 2.28 bits per heavy atom. The molecule has 2 rings (SSSR count). The number of hydrogen-bond acceptors (Lipinski definition) is 5. The molecule has 0 fully saturated rings. The van der Waals surface area contributed by atoms with Crippen LogP contribution in [0.3, 0.4) is 0 Å². The predicted molar refractivity (Wildman–Crippen MR) is 95.2 cm³/mol. The maximum absolute atomic E-state index is 11.6. The van der Waals surface area contributed by atoms with Gasteiger partial charge in [0.15, 0.2) is 0 Å². The molecular formula is C20H20O5. The molecule has 130 valence electrons. The van der Waals surface area contributed by atoms with Gasteiger partial charge in [0.2, 0.25) is 0 Å². The van der Waals surface area contributed by atoms with Crippen LogP contribution in [-0.2, 0) is 20.7 Å². The van der Waals surface area contributed by atoms with Crippen LogP contribution in [0.25, 0.3) is 16.9 Å². The molecule has 0 atom stereocenters. The van der Waals surface area contributed by atoms with Gasteiger partial charge in [-0.3, -0.25) is 4.79 Å². The summed E-state index contributed by atoms with van der Waals surface area (Å²) in [4.78, 5) is 22.9. The molecule has 2 aromatic rings. The number of carbonyl (C=O) groups is 2. The number of benzene rings is 2. The summed E-state index contributed by atoms with van der Waals surface area (Å²) in [6, 6.07) is 12.3. The van der Waals surface area contributed by atoms with Crippen molar-refractivity contribution in [2.24, 2.45) is 0 Å². The lowest BCUT2D eigenvalue weighted by molar-refractivity contribution is -0.151. The van der Waals surface area contributed by atoms with E-state index in [4.69, 9.17) is 0 Å². The fourth-order valence-corrected chi connectivity index (χ4v) is 2.35. The standard InChI is InChI=1S/C20H20O5/c1-3-13-11-16(9-10-17(13)21)14-5-7-15(8-6-14)18(22)12-19(23)20(24)25-4-2/h5-12,21-22H,3-4H2,1-2H3. The van der Waals surface area contributed by atoms with E-state index in [1.165, 1.54) is 0 Å². The van der Waals surface area contributed by atoms with E-state index in [9.17, 15) is 19.8 Å². The zero-order chi connectivity index (χ0) is 18.4. The van der Waals surface area contributed by atoms with Crippen molar-refractivity contribution in [3.8, 4) is 16.9 Å². The van der Waals surface area contributed by atoms with E-state index in [2.05, 4.69) is 4.74 Å². The fraction of sp³-hybridized carbons (Fsp3) is 0.200. The number of aliphatic hydroxyl groups is 1. The fourth-order valence-electron chi connectivity index (χ4n) is 2.35. The zero-order valence-corrected chi connectivity index (χ0v) is 14.2. The maximum Gasteiger partial charge on any atom is 0.379 e. The first kappa shape index (κ1) is 18.3. The average molecular weight is 340 g/mol. The van der Waals surface area contributed by atoms with E-state index in [1.807, 2.05) is 19.1 Å². The van der Waals surface area contributed by atoms with Crippen LogP contribution in [0.15, 0.2) is 48.5 Å². The summed E-state index contributed by atoms with van der Waals surface area (Å²) in [6.45, 7) is 3.66. The average Bonchev–Trinajstić information content (AvgIpc) is 2.62. The Morgan fingerprint density at radius 2 is 1.68 bits per heavy atom. The predicted octanol–water partition coefficient (Wildman–Crippen LogP) is 3.65. The Kier molecular flexibility index (Phi) is 5.95. The van der Waals surface area contributed by atoms with Gasteiger partial charge in [0, 0.05) is 11.6 Å². The topological polar surface area (TPSA) is 83.8 Å².